The number of hydrogen-bond acceptors (Lipinski definition) is 5. The van der Waals surface area contributed by atoms with Crippen LogP contribution in [0.5, 0.6) is 5.75 Å². The lowest BCUT2D eigenvalue weighted by Crippen LogP contribution is -2.57. The second kappa shape index (κ2) is 9.11. The molecule has 0 unspecified atom stereocenters. The first-order chi connectivity index (χ1) is 16.3. The summed E-state index contributed by atoms with van der Waals surface area (Å²) in [4.78, 5) is 4.55. The summed E-state index contributed by atoms with van der Waals surface area (Å²) in [7, 11) is -1.02. The van der Waals surface area contributed by atoms with Crippen LogP contribution in [0.4, 0.5) is 21.5 Å². The minimum Gasteiger partial charge on any atom is -0.487 e. The number of aryl methyl sites for hydroxylation is 1. The van der Waals surface area contributed by atoms with Crippen molar-refractivity contribution in [3.8, 4) is 5.75 Å². The monoisotopic (exact) mass is 489 g/mol. The van der Waals surface area contributed by atoms with Crippen molar-refractivity contribution in [2.75, 3.05) is 77.2 Å². The smallest absolute Gasteiger partial charge is 0.211 e. The third-order valence-corrected chi connectivity index (χ3v) is 8.86. The predicted octanol–water partition coefficient (Wildman–Crippen LogP) is 2.82. The maximum Gasteiger partial charge on any atom is 0.211 e. The Morgan fingerprint density at radius 1 is 0.971 bits per heavy atom. The Hall–Kier alpha value is -2.20. The van der Waals surface area contributed by atoms with Gasteiger partial charge in [0.25, 0.3) is 0 Å². The zero-order valence-corrected chi connectivity index (χ0v) is 20.9. The van der Waals surface area contributed by atoms with E-state index in [1.807, 2.05) is 0 Å². The number of anilines is 1. The highest BCUT2D eigenvalue weighted by atomic mass is 32.2. The molecule has 2 aromatic carbocycles. The van der Waals surface area contributed by atoms with Crippen molar-refractivity contribution in [3.05, 3.63) is 47.8 Å². The highest BCUT2D eigenvalue weighted by molar-refractivity contribution is 7.88. The fourth-order valence-corrected chi connectivity index (χ4v) is 6.34. The van der Waals surface area contributed by atoms with Crippen LogP contribution in [-0.2, 0) is 16.4 Å². The molecule has 9 heteroatoms. The Bertz CT molecular complexity index is 1140. The molecular weight excluding hydrogens is 455 g/mol. The third kappa shape index (κ3) is 4.42. The number of ether oxygens (including phenoxy) is 1. The van der Waals surface area contributed by atoms with Crippen LogP contribution in [0.3, 0.4) is 0 Å². The number of sulfonamides is 1. The van der Waals surface area contributed by atoms with Gasteiger partial charge in [-0.1, -0.05) is 0 Å². The predicted molar refractivity (Wildman–Crippen MR) is 134 cm³/mol. The molecule has 2 fully saturated rings. The number of rotatable bonds is 4. The van der Waals surface area contributed by atoms with E-state index in [-0.39, 0.29) is 5.82 Å². The van der Waals surface area contributed by atoms with Crippen LogP contribution in [0.2, 0.25) is 0 Å². The Labute approximate surface area is 202 Å². The van der Waals surface area contributed by atoms with Crippen molar-refractivity contribution in [1.29, 1.82) is 0 Å². The maximum atomic E-state index is 14.8. The molecule has 184 valence electrons. The molecular formula is C25H34FN4O3S+. The zero-order chi connectivity index (χ0) is 23.9. The Morgan fingerprint density at radius 3 is 2.29 bits per heavy atom. The molecule has 7 nitrogen and oxygen atoms in total. The van der Waals surface area contributed by atoms with E-state index in [1.165, 1.54) is 10.6 Å². The summed E-state index contributed by atoms with van der Waals surface area (Å²) in [5, 5.41) is 0. The molecule has 3 aliphatic heterocycles. The lowest BCUT2D eigenvalue weighted by atomic mass is 10.0. The van der Waals surface area contributed by atoms with E-state index < -0.39 is 10.0 Å². The summed E-state index contributed by atoms with van der Waals surface area (Å²) in [6.45, 7) is 6.54. The highest BCUT2D eigenvalue weighted by Gasteiger charge is 2.41. The first-order valence-corrected chi connectivity index (χ1v) is 13.9. The van der Waals surface area contributed by atoms with E-state index >= 15 is 0 Å². The molecule has 3 heterocycles. The van der Waals surface area contributed by atoms with Gasteiger partial charge in [0.2, 0.25) is 10.0 Å². The van der Waals surface area contributed by atoms with Gasteiger partial charge in [-0.25, -0.2) is 12.8 Å². The Kier molecular flexibility index (Phi) is 6.31. The Balaban J connectivity index is 1.47. The molecule has 0 aromatic heterocycles. The summed E-state index contributed by atoms with van der Waals surface area (Å²) < 4.78 is 46.7. The van der Waals surface area contributed by atoms with Gasteiger partial charge in [-0.05, 0) is 38.1 Å². The second-order valence-electron chi connectivity index (χ2n) is 9.75. The van der Waals surface area contributed by atoms with Crippen LogP contribution in [0.15, 0.2) is 36.4 Å². The number of benzene rings is 2. The van der Waals surface area contributed by atoms with Gasteiger partial charge in [-0.2, -0.15) is 4.31 Å². The van der Waals surface area contributed by atoms with Gasteiger partial charge in [-0.15, -0.1) is 0 Å². The number of piperazine rings is 2. The van der Waals surface area contributed by atoms with Crippen LogP contribution in [0, 0.1) is 5.82 Å². The van der Waals surface area contributed by atoms with Gasteiger partial charge < -0.3 is 9.64 Å². The lowest BCUT2D eigenvalue weighted by molar-refractivity contribution is 0.196. The second-order valence-corrected chi connectivity index (χ2v) is 11.7. The molecule has 34 heavy (non-hydrogen) atoms. The molecule has 3 aliphatic rings. The van der Waals surface area contributed by atoms with Crippen molar-refractivity contribution in [1.82, 2.24) is 13.7 Å². The van der Waals surface area contributed by atoms with Crippen LogP contribution < -0.4 is 14.1 Å². The topological polar surface area (TPSA) is 53.1 Å². The van der Waals surface area contributed by atoms with Gasteiger partial charge in [0, 0.05) is 68.7 Å². The van der Waals surface area contributed by atoms with Crippen LogP contribution in [0.25, 0.3) is 0 Å². The summed E-state index contributed by atoms with van der Waals surface area (Å²) in [6.07, 6.45) is 3.03. The van der Waals surface area contributed by atoms with Crippen molar-refractivity contribution in [3.63, 3.8) is 0 Å². The normalized spacial score (nSPS) is 21.7. The molecule has 0 bridgehead atoms. The third-order valence-electron chi connectivity index (χ3n) is 7.55. The number of nitrogens with zero attached hydrogens (tertiary/aromatic N) is 4. The van der Waals surface area contributed by atoms with Gasteiger partial charge in [-0.3, -0.25) is 9.38 Å². The lowest BCUT2D eigenvalue weighted by Gasteiger charge is -2.44. The minimum absolute atomic E-state index is 0.198. The number of fused-ring (bicyclic) bond motifs is 1. The highest BCUT2D eigenvalue weighted by Crippen LogP contribution is 2.46. The average molecular weight is 490 g/mol. The van der Waals surface area contributed by atoms with Crippen molar-refractivity contribution >= 4 is 27.1 Å². The molecule has 0 saturated carbocycles. The summed E-state index contributed by atoms with van der Waals surface area (Å²) in [6, 6.07) is 11.9. The van der Waals surface area contributed by atoms with Crippen molar-refractivity contribution < 1.29 is 17.5 Å². The first kappa shape index (κ1) is 23.5. The van der Waals surface area contributed by atoms with E-state index in [2.05, 4.69) is 41.1 Å². The van der Waals surface area contributed by atoms with Gasteiger partial charge in [0.05, 0.1) is 12.9 Å². The molecule has 0 atom stereocenters. The molecule has 0 aliphatic carbocycles. The minimum atomic E-state index is -3.15. The fourth-order valence-electron chi connectivity index (χ4n) is 5.51. The van der Waals surface area contributed by atoms with Crippen LogP contribution >= 0.6 is 0 Å². The summed E-state index contributed by atoms with van der Waals surface area (Å²) in [5.41, 5.74) is 4.12. The maximum absolute atomic E-state index is 14.8. The van der Waals surface area contributed by atoms with Gasteiger partial charge in [0.15, 0.2) is 11.4 Å². The molecule has 0 radical (unpaired) electrons. The molecule has 2 aromatic rings. The number of hydrogen-bond donors (Lipinski definition) is 0. The number of quaternary nitrogens is 1. The van der Waals surface area contributed by atoms with Crippen molar-refractivity contribution in [2.45, 2.75) is 12.8 Å². The standard InChI is InChI=1S/C25H34FN4O3S/c1-27-13-15-30(16-14-27,24-19-21(26)18-20-4-3-17-33-25(20)24)23-7-5-22(6-8-23)28-9-11-29(12-10-28)34(2,31)32/h5-8,18-19H,3-4,9-17H2,1-2H3/q+1. The van der Waals surface area contributed by atoms with E-state index in [4.69, 9.17) is 4.74 Å². The van der Waals surface area contributed by atoms with E-state index in [0.717, 1.165) is 67.4 Å². The number of halogens is 1. The molecule has 0 amide bonds. The van der Waals surface area contributed by atoms with Crippen molar-refractivity contribution in [2.24, 2.45) is 0 Å². The van der Waals surface area contributed by atoms with Gasteiger partial charge >= 0.3 is 0 Å². The molecule has 0 N–H and O–H groups in total. The summed E-state index contributed by atoms with van der Waals surface area (Å²) in [5.74, 6) is 0.661. The Morgan fingerprint density at radius 2 is 1.65 bits per heavy atom. The quantitative estimate of drug-likeness (QED) is 0.619. The molecule has 0 spiro atoms. The van der Waals surface area contributed by atoms with Gasteiger partial charge in [0.1, 0.15) is 24.6 Å². The largest absolute Gasteiger partial charge is 0.487 e. The van der Waals surface area contributed by atoms with E-state index in [9.17, 15) is 12.8 Å². The molecule has 2 saturated heterocycles. The summed E-state index contributed by atoms with van der Waals surface area (Å²) >= 11 is 0. The SMILES string of the molecule is CN1CC[N+](c2ccc(N3CCN(S(C)(=O)=O)CC3)cc2)(c2cc(F)cc3c2OCCC3)CC1. The van der Waals surface area contributed by atoms with E-state index in [0.29, 0.717) is 37.3 Å². The van der Waals surface area contributed by atoms with Crippen LogP contribution in [-0.4, -0.2) is 89.9 Å². The van der Waals surface area contributed by atoms with E-state index in [1.54, 1.807) is 12.1 Å². The fraction of sp³-hybridized carbons (Fsp3) is 0.520. The first-order valence-electron chi connectivity index (χ1n) is 12.1. The number of likely N-dealkylation sites (N-methyl/N-ethyl adjacent to an activating group) is 1. The average Bonchev–Trinajstić information content (AvgIpc) is 2.84. The van der Waals surface area contributed by atoms with Crippen LogP contribution in [0.1, 0.15) is 12.0 Å². The molecule has 5 rings (SSSR count). The zero-order valence-electron chi connectivity index (χ0n) is 20.0.